The first-order valence-electron chi connectivity index (χ1n) is 8.57. The lowest BCUT2D eigenvalue weighted by Gasteiger charge is -2.39. The van der Waals surface area contributed by atoms with Crippen molar-refractivity contribution in [3.63, 3.8) is 0 Å². The molecule has 2 aliphatic heterocycles. The van der Waals surface area contributed by atoms with Crippen molar-refractivity contribution in [2.24, 2.45) is 4.99 Å². The van der Waals surface area contributed by atoms with Crippen molar-refractivity contribution in [1.29, 1.82) is 0 Å². The van der Waals surface area contributed by atoms with Gasteiger partial charge in [-0.3, -0.25) is 0 Å². The van der Waals surface area contributed by atoms with E-state index in [1.165, 1.54) is 19.3 Å². The fourth-order valence-corrected chi connectivity index (χ4v) is 6.79. The SMILES string of the molecule is CN(C)c1ccc2c(c1)N=C(c1ccco1)O[P@@]2(=S)N1CCCCC1. The summed E-state index contributed by atoms with van der Waals surface area (Å²) in [6, 6.07) is 10.0. The van der Waals surface area contributed by atoms with Gasteiger partial charge in [0, 0.05) is 32.9 Å². The zero-order valence-electron chi connectivity index (χ0n) is 14.5. The highest BCUT2D eigenvalue weighted by atomic mass is 32.4. The second kappa shape index (κ2) is 6.60. The molecule has 0 N–H and O–H groups in total. The molecule has 0 radical (unpaired) electrons. The Hall–Kier alpha value is -1.62. The molecular weight excluding hydrogens is 353 g/mol. The first kappa shape index (κ1) is 16.8. The molecule has 1 aromatic heterocycles. The molecule has 0 amide bonds. The van der Waals surface area contributed by atoms with Crippen molar-refractivity contribution in [3.8, 4) is 0 Å². The van der Waals surface area contributed by atoms with Gasteiger partial charge in [-0.1, -0.05) is 6.42 Å². The highest BCUT2D eigenvalue weighted by Gasteiger charge is 2.38. The van der Waals surface area contributed by atoms with Crippen LogP contribution in [0.25, 0.3) is 0 Å². The molecule has 1 aromatic carbocycles. The lowest BCUT2D eigenvalue weighted by Crippen LogP contribution is -2.34. The molecule has 3 heterocycles. The molecule has 0 unspecified atom stereocenters. The van der Waals surface area contributed by atoms with Gasteiger partial charge in [-0.05, 0) is 55.0 Å². The number of nitrogens with zero attached hydrogens (tertiary/aromatic N) is 3. The summed E-state index contributed by atoms with van der Waals surface area (Å²) in [5.41, 5.74) is 2.00. The number of rotatable bonds is 3. The molecule has 5 nitrogen and oxygen atoms in total. The van der Waals surface area contributed by atoms with Crippen molar-refractivity contribution in [2.45, 2.75) is 19.3 Å². The predicted molar refractivity (Wildman–Crippen MR) is 106 cm³/mol. The molecule has 7 heteroatoms. The van der Waals surface area contributed by atoms with Gasteiger partial charge >= 0.3 is 0 Å². The maximum atomic E-state index is 6.38. The topological polar surface area (TPSA) is 41.2 Å². The first-order chi connectivity index (χ1) is 12.1. The summed E-state index contributed by atoms with van der Waals surface area (Å²) < 4.78 is 14.3. The average Bonchev–Trinajstić information content (AvgIpc) is 3.16. The van der Waals surface area contributed by atoms with E-state index in [1.807, 2.05) is 26.2 Å². The fraction of sp³-hybridized carbons (Fsp3) is 0.389. The Morgan fingerprint density at radius 3 is 2.64 bits per heavy atom. The Balaban J connectivity index is 1.84. The van der Waals surface area contributed by atoms with Gasteiger partial charge in [0.1, 0.15) is 0 Å². The molecule has 1 saturated heterocycles. The van der Waals surface area contributed by atoms with Crippen molar-refractivity contribution in [2.75, 3.05) is 32.1 Å². The first-order valence-corrected chi connectivity index (χ1v) is 11.2. The third-order valence-electron chi connectivity index (χ3n) is 4.65. The normalized spacial score (nSPS) is 23.5. The molecule has 0 saturated carbocycles. The number of aliphatic imine (C=N–C) groups is 1. The van der Waals surface area contributed by atoms with E-state index in [1.54, 1.807) is 6.26 Å². The number of piperidine rings is 1. The Labute approximate surface area is 153 Å². The standard InChI is InChI=1S/C18H22N3O2PS/c1-20(2)14-8-9-17-15(13-14)19-18(16-7-6-12-22-16)23-24(17,25)21-10-4-3-5-11-21/h6-9,12-13H,3-5,10-11H2,1-2H3/t24-/m0/s1. The number of benzene rings is 1. The van der Waals surface area contributed by atoms with Crippen LogP contribution in [0.5, 0.6) is 0 Å². The fourth-order valence-electron chi connectivity index (χ4n) is 3.27. The van der Waals surface area contributed by atoms with Crippen LogP contribution in [-0.2, 0) is 16.3 Å². The highest BCUT2D eigenvalue weighted by Crippen LogP contribution is 2.56. The molecule has 1 fully saturated rings. The van der Waals surface area contributed by atoms with Gasteiger partial charge in [0.05, 0.1) is 17.3 Å². The largest absolute Gasteiger partial charge is 0.459 e. The zero-order chi connectivity index (χ0) is 17.4. The minimum Gasteiger partial charge on any atom is -0.459 e. The van der Waals surface area contributed by atoms with Gasteiger partial charge in [-0.2, -0.15) is 0 Å². The quantitative estimate of drug-likeness (QED) is 0.762. The summed E-state index contributed by atoms with van der Waals surface area (Å²) >= 11 is 6.17. The minimum atomic E-state index is -2.37. The van der Waals surface area contributed by atoms with Crippen LogP contribution in [0.3, 0.4) is 0 Å². The predicted octanol–water partition coefficient (Wildman–Crippen LogP) is 3.87. The Kier molecular flexibility index (Phi) is 4.44. The summed E-state index contributed by atoms with van der Waals surface area (Å²) in [7, 11) is 4.05. The van der Waals surface area contributed by atoms with Crippen LogP contribution in [0.4, 0.5) is 11.4 Å². The van der Waals surface area contributed by atoms with E-state index in [4.69, 9.17) is 25.7 Å². The number of furan rings is 1. The molecule has 1 atom stereocenters. The van der Waals surface area contributed by atoms with Gasteiger partial charge in [0.15, 0.2) is 5.76 Å². The monoisotopic (exact) mass is 375 g/mol. The van der Waals surface area contributed by atoms with Gasteiger partial charge in [0.25, 0.3) is 5.90 Å². The Bertz CT molecular complexity index is 842. The Morgan fingerprint density at radius 2 is 1.96 bits per heavy atom. The maximum Gasteiger partial charge on any atom is 0.262 e. The number of fused-ring (bicyclic) bond motifs is 1. The van der Waals surface area contributed by atoms with E-state index < -0.39 is 6.42 Å². The van der Waals surface area contributed by atoms with E-state index in [2.05, 4.69) is 27.8 Å². The molecule has 132 valence electrons. The molecule has 25 heavy (non-hydrogen) atoms. The summed E-state index contributed by atoms with van der Waals surface area (Å²) in [4.78, 5) is 6.80. The van der Waals surface area contributed by atoms with Crippen molar-refractivity contribution < 1.29 is 8.94 Å². The second-order valence-electron chi connectivity index (χ2n) is 6.59. The van der Waals surface area contributed by atoms with E-state index in [0.29, 0.717) is 11.7 Å². The summed E-state index contributed by atoms with van der Waals surface area (Å²) in [5.74, 6) is 1.13. The molecule has 2 aliphatic rings. The minimum absolute atomic E-state index is 0.502. The van der Waals surface area contributed by atoms with Gasteiger partial charge in [-0.15, -0.1) is 0 Å². The molecule has 0 aliphatic carbocycles. The number of anilines is 1. The van der Waals surface area contributed by atoms with Gasteiger partial charge in [-0.25, -0.2) is 9.66 Å². The number of hydrogen-bond acceptors (Lipinski definition) is 5. The van der Waals surface area contributed by atoms with Crippen LogP contribution in [0, 0.1) is 0 Å². The smallest absolute Gasteiger partial charge is 0.262 e. The maximum absolute atomic E-state index is 6.38. The lowest BCUT2D eigenvalue weighted by atomic mass is 10.2. The molecule has 2 aromatic rings. The van der Waals surface area contributed by atoms with E-state index >= 15 is 0 Å². The van der Waals surface area contributed by atoms with E-state index in [0.717, 1.165) is 29.8 Å². The van der Waals surface area contributed by atoms with Crippen molar-refractivity contribution in [3.05, 3.63) is 42.4 Å². The second-order valence-corrected chi connectivity index (χ2v) is 10.3. The lowest BCUT2D eigenvalue weighted by molar-refractivity contribution is 0.344. The molecule has 0 spiro atoms. The van der Waals surface area contributed by atoms with Crippen LogP contribution < -0.4 is 10.2 Å². The van der Waals surface area contributed by atoms with Crippen molar-refractivity contribution in [1.82, 2.24) is 4.67 Å². The third-order valence-corrected chi connectivity index (χ3v) is 8.71. The van der Waals surface area contributed by atoms with E-state index in [-0.39, 0.29) is 0 Å². The Morgan fingerprint density at radius 1 is 1.16 bits per heavy atom. The van der Waals surface area contributed by atoms with Gasteiger partial charge < -0.3 is 13.8 Å². The summed E-state index contributed by atoms with van der Waals surface area (Å²) in [5, 5.41) is 1.05. The highest BCUT2D eigenvalue weighted by molar-refractivity contribution is 8.15. The summed E-state index contributed by atoms with van der Waals surface area (Å²) in [6.45, 7) is 1.97. The van der Waals surface area contributed by atoms with Crippen LogP contribution in [-0.4, -0.2) is 37.8 Å². The zero-order valence-corrected chi connectivity index (χ0v) is 16.2. The van der Waals surface area contributed by atoms with Crippen LogP contribution >= 0.6 is 6.42 Å². The van der Waals surface area contributed by atoms with E-state index in [9.17, 15) is 0 Å². The average molecular weight is 375 g/mol. The number of hydrogen-bond donors (Lipinski definition) is 0. The molecular formula is C18H22N3O2PS. The third kappa shape index (κ3) is 3.03. The van der Waals surface area contributed by atoms with Crippen LogP contribution in [0.1, 0.15) is 25.0 Å². The van der Waals surface area contributed by atoms with Crippen LogP contribution in [0.15, 0.2) is 46.0 Å². The van der Waals surface area contributed by atoms with Gasteiger partial charge in [0.2, 0.25) is 6.42 Å². The van der Waals surface area contributed by atoms with Crippen LogP contribution in [0.2, 0.25) is 0 Å². The summed E-state index contributed by atoms with van der Waals surface area (Å²) in [6.07, 6.45) is 2.86. The molecule has 0 bridgehead atoms. The van der Waals surface area contributed by atoms with Crippen molar-refractivity contribution >= 4 is 40.8 Å². The molecule has 4 rings (SSSR count).